The molecule has 10 rings (SSSR count). The quantitative estimate of drug-likeness (QED) is 0.140. The van der Waals surface area contributed by atoms with Gasteiger partial charge in [0.2, 0.25) is 0 Å². The Morgan fingerprint density at radius 3 is 1.39 bits per heavy atom. The molecule has 0 amide bonds. The van der Waals surface area contributed by atoms with Crippen LogP contribution in [-0.4, -0.2) is 18.3 Å². The van der Waals surface area contributed by atoms with E-state index in [1.54, 1.807) is 0 Å². The average molecular weight is 593 g/mol. The summed E-state index contributed by atoms with van der Waals surface area (Å²) in [6.07, 6.45) is 0. The molecule has 7 aromatic carbocycles. The lowest BCUT2D eigenvalue weighted by Crippen LogP contribution is -2.41. The van der Waals surface area contributed by atoms with Gasteiger partial charge in [-0.3, -0.25) is 0 Å². The van der Waals surface area contributed by atoms with E-state index in [2.05, 4.69) is 155 Å². The van der Waals surface area contributed by atoms with Crippen molar-refractivity contribution in [2.75, 3.05) is 0 Å². The normalized spacial score (nSPS) is 17.9. The Morgan fingerprint density at radius 2 is 0.826 bits per heavy atom. The van der Waals surface area contributed by atoms with Crippen molar-refractivity contribution in [3.05, 3.63) is 150 Å². The fraction of sp³-hybridized carbons (Fsp3) is 0.163. The summed E-state index contributed by atoms with van der Waals surface area (Å²) in [5, 5.41) is 7.78. The van der Waals surface area contributed by atoms with E-state index in [4.69, 9.17) is 9.31 Å². The zero-order valence-corrected chi connectivity index (χ0v) is 26.5. The molecule has 1 heterocycles. The van der Waals surface area contributed by atoms with Crippen LogP contribution in [0, 0.1) is 0 Å². The Balaban J connectivity index is 1.35. The molecule has 0 saturated carbocycles. The fourth-order valence-corrected chi connectivity index (χ4v) is 8.68. The first-order valence-corrected chi connectivity index (χ1v) is 16.4. The van der Waals surface area contributed by atoms with Crippen molar-refractivity contribution in [2.45, 2.75) is 44.3 Å². The van der Waals surface area contributed by atoms with Crippen molar-refractivity contribution in [1.29, 1.82) is 0 Å². The van der Waals surface area contributed by atoms with E-state index >= 15 is 0 Å². The highest BCUT2D eigenvalue weighted by molar-refractivity contribution is 6.62. The topological polar surface area (TPSA) is 18.5 Å². The summed E-state index contributed by atoms with van der Waals surface area (Å²) in [5.41, 5.74) is 10.3. The van der Waals surface area contributed by atoms with Gasteiger partial charge in [0.1, 0.15) is 0 Å². The standard InChI is InChI=1S/C43H33BO2/c1-41(2)42(3,4)46-44(45-41)26-21-22-33-36-24-34-29-15-7-5-13-27(29)28-14-6-8-16-30(28)35(34)25-40(36)43(39(33)23-26)37-19-11-9-17-31(37)32-18-10-12-20-38(32)43/h5-25H,1-4H3. The summed E-state index contributed by atoms with van der Waals surface area (Å²) in [4.78, 5) is 0. The number of benzene rings is 7. The smallest absolute Gasteiger partial charge is 0.399 e. The van der Waals surface area contributed by atoms with E-state index in [9.17, 15) is 0 Å². The molecule has 0 aromatic heterocycles. The summed E-state index contributed by atoms with van der Waals surface area (Å²) in [6.45, 7) is 8.51. The maximum Gasteiger partial charge on any atom is 0.494 e. The Kier molecular flexibility index (Phi) is 5.05. The first-order valence-electron chi connectivity index (χ1n) is 16.4. The lowest BCUT2D eigenvalue weighted by atomic mass is 9.68. The Morgan fingerprint density at radius 1 is 0.391 bits per heavy atom. The van der Waals surface area contributed by atoms with Crippen LogP contribution in [0.15, 0.2) is 127 Å². The molecule has 220 valence electrons. The van der Waals surface area contributed by atoms with Crippen LogP contribution in [0.25, 0.3) is 54.6 Å². The molecule has 0 N–H and O–H groups in total. The third-order valence-corrected chi connectivity index (χ3v) is 11.5. The van der Waals surface area contributed by atoms with Gasteiger partial charge in [-0.1, -0.05) is 115 Å². The molecule has 0 atom stereocenters. The Labute approximate surface area is 269 Å². The molecule has 3 heteroatoms. The predicted molar refractivity (Wildman–Crippen MR) is 191 cm³/mol. The molecule has 3 aliphatic rings. The van der Waals surface area contributed by atoms with Crippen molar-refractivity contribution in [3.8, 4) is 22.3 Å². The van der Waals surface area contributed by atoms with Crippen molar-refractivity contribution in [2.24, 2.45) is 0 Å². The number of hydrogen-bond donors (Lipinski definition) is 0. The maximum atomic E-state index is 6.61. The number of hydrogen-bond acceptors (Lipinski definition) is 2. The van der Waals surface area contributed by atoms with Crippen LogP contribution >= 0.6 is 0 Å². The van der Waals surface area contributed by atoms with Crippen LogP contribution in [0.2, 0.25) is 0 Å². The molecule has 1 aliphatic heterocycles. The van der Waals surface area contributed by atoms with Gasteiger partial charge in [0, 0.05) is 0 Å². The number of rotatable bonds is 1. The van der Waals surface area contributed by atoms with Gasteiger partial charge in [0.25, 0.3) is 0 Å². The van der Waals surface area contributed by atoms with Crippen molar-refractivity contribution in [1.82, 2.24) is 0 Å². The minimum absolute atomic E-state index is 0.413. The molecule has 1 fully saturated rings. The van der Waals surface area contributed by atoms with Gasteiger partial charge in [-0.2, -0.15) is 0 Å². The Hall–Kier alpha value is -4.70. The second-order valence-corrected chi connectivity index (χ2v) is 14.3. The van der Waals surface area contributed by atoms with E-state index in [0.29, 0.717) is 0 Å². The minimum Gasteiger partial charge on any atom is -0.399 e. The first kappa shape index (κ1) is 26.5. The van der Waals surface area contributed by atoms with Gasteiger partial charge < -0.3 is 9.31 Å². The van der Waals surface area contributed by atoms with Gasteiger partial charge in [-0.05, 0) is 122 Å². The molecule has 46 heavy (non-hydrogen) atoms. The third kappa shape index (κ3) is 3.15. The fourth-order valence-electron chi connectivity index (χ4n) is 8.68. The van der Waals surface area contributed by atoms with Gasteiger partial charge in [-0.25, -0.2) is 0 Å². The summed E-state index contributed by atoms with van der Waals surface area (Å²) in [5.74, 6) is 0. The lowest BCUT2D eigenvalue weighted by Gasteiger charge is -2.32. The second kappa shape index (κ2) is 8.76. The van der Waals surface area contributed by atoms with Crippen LogP contribution in [0.5, 0.6) is 0 Å². The van der Waals surface area contributed by atoms with Crippen molar-refractivity contribution >= 4 is 44.9 Å². The SMILES string of the molecule is CC1(C)OB(c2ccc3c(c2)C2(c4ccccc4-c4ccccc42)c2cc4c5ccccc5c5ccccc5c4cc2-3)OC1(C)C. The largest absolute Gasteiger partial charge is 0.494 e. The van der Waals surface area contributed by atoms with E-state index in [-0.39, 0.29) is 0 Å². The molecular weight excluding hydrogens is 559 g/mol. The average Bonchev–Trinajstić information content (AvgIpc) is 3.62. The first-order chi connectivity index (χ1) is 22.3. The molecule has 2 aliphatic carbocycles. The second-order valence-electron chi connectivity index (χ2n) is 14.3. The molecule has 0 unspecified atom stereocenters. The summed E-state index contributed by atoms with van der Waals surface area (Å²) in [6, 6.07) is 47.7. The van der Waals surface area contributed by atoms with Crippen LogP contribution in [0.3, 0.4) is 0 Å². The molecule has 2 nitrogen and oxygen atoms in total. The van der Waals surface area contributed by atoms with Gasteiger partial charge in [0.15, 0.2) is 0 Å². The van der Waals surface area contributed by atoms with Crippen LogP contribution in [-0.2, 0) is 14.7 Å². The summed E-state index contributed by atoms with van der Waals surface area (Å²) >= 11 is 0. The molecule has 0 radical (unpaired) electrons. The van der Waals surface area contributed by atoms with E-state index < -0.39 is 23.7 Å². The van der Waals surface area contributed by atoms with Crippen LogP contribution in [0.4, 0.5) is 0 Å². The highest BCUT2D eigenvalue weighted by Gasteiger charge is 2.54. The zero-order chi connectivity index (χ0) is 31.0. The molecule has 0 bridgehead atoms. The van der Waals surface area contributed by atoms with Gasteiger partial charge >= 0.3 is 7.12 Å². The van der Waals surface area contributed by atoms with Crippen molar-refractivity contribution < 1.29 is 9.31 Å². The zero-order valence-electron chi connectivity index (χ0n) is 26.5. The highest BCUT2D eigenvalue weighted by atomic mass is 16.7. The third-order valence-electron chi connectivity index (χ3n) is 11.5. The summed E-state index contributed by atoms with van der Waals surface area (Å²) in [7, 11) is -0.435. The van der Waals surface area contributed by atoms with Gasteiger partial charge in [0.05, 0.1) is 16.6 Å². The monoisotopic (exact) mass is 592 g/mol. The molecular formula is C43H33BO2. The Bertz CT molecular complexity index is 2390. The molecule has 7 aromatic rings. The lowest BCUT2D eigenvalue weighted by molar-refractivity contribution is 0.00578. The summed E-state index contributed by atoms with van der Waals surface area (Å²) < 4.78 is 13.2. The minimum atomic E-state index is -0.460. The predicted octanol–water partition coefficient (Wildman–Crippen LogP) is 9.79. The van der Waals surface area contributed by atoms with E-state index in [1.165, 1.54) is 76.8 Å². The van der Waals surface area contributed by atoms with Gasteiger partial charge in [-0.15, -0.1) is 0 Å². The molecule has 1 saturated heterocycles. The highest BCUT2D eigenvalue weighted by Crippen LogP contribution is 2.63. The van der Waals surface area contributed by atoms with E-state index in [0.717, 1.165) is 5.46 Å². The van der Waals surface area contributed by atoms with E-state index in [1.807, 2.05) is 0 Å². The number of fused-ring (bicyclic) bond motifs is 16. The molecule has 1 spiro atoms. The van der Waals surface area contributed by atoms with Crippen LogP contribution < -0.4 is 5.46 Å². The van der Waals surface area contributed by atoms with Crippen LogP contribution in [0.1, 0.15) is 49.9 Å². The van der Waals surface area contributed by atoms with Crippen molar-refractivity contribution in [3.63, 3.8) is 0 Å². The maximum absolute atomic E-state index is 6.61.